The highest BCUT2D eigenvalue weighted by molar-refractivity contribution is 7.86. The summed E-state index contributed by atoms with van der Waals surface area (Å²) in [6.07, 6.45) is 4.45. The molecule has 6 nitrogen and oxygen atoms in total. The van der Waals surface area contributed by atoms with Gasteiger partial charge in [0.15, 0.2) is 0 Å². The van der Waals surface area contributed by atoms with Crippen molar-refractivity contribution < 1.29 is 13.0 Å². The Bertz CT molecular complexity index is 527. The predicted octanol–water partition coefficient (Wildman–Crippen LogP) is 1.62. The number of nitrogens with zero attached hydrogens (tertiary/aromatic N) is 3. The van der Waals surface area contributed by atoms with Crippen LogP contribution in [-0.4, -0.2) is 41.3 Å². The van der Waals surface area contributed by atoms with Crippen LogP contribution >= 0.6 is 11.6 Å². The van der Waals surface area contributed by atoms with E-state index in [0.717, 1.165) is 0 Å². The summed E-state index contributed by atoms with van der Waals surface area (Å²) in [6, 6.07) is 0. The molecule has 1 N–H and O–H groups in total. The molecule has 0 aliphatic carbocycles. The number of hydrogen-bond donors (Lipinski definition) is 1. The van der Waals surface area contributed by atoms with Crippen LogP contribution in [0.4, 0.5) is 5.95 Å². The smallest absolute Gasteiger partial charge is 0.267 e. The van der Waals surface area contributed by atoms with Gasteiger partial charge in [-0.05, 0) is 25.7 Å². The van der Waals surface area contributed by atoms with Gasteiger partial charge in [0.1, 0.15) is 0 Å². The number of aromatic nitrogens is 2. The molecule has 1 fully saturated rings. The summed E-state index contributed by atoms with van der Waals surface area (Å²) in [4.78, 5) is 10.3. The number of piperidine rings is 1. The molecule has 8 heteroatoms. The van der Waals surface area contributed by atoms with E-state index < -0.39 is 15.4 Å². The average Bonchev–Trinajstić information content (AvgIpc) is 2.38. The van der Waals surface area contributed by atoms with Gasteiger partial charge in [0.2, 0.25) is 5.95 Å². The Labute approximate surface area is 117 Å². The van der Waals surface area contributed by atoms with Crippen molar-refractivity contribution in [1.29, 1.82) is 0 Å². The summed E-state index contributed by atoms with van der Waals surface area (Å²) in [5.41, 5.74) is 0. The molecular formula is C11H16ClN3O3S. The highest BCUT2D eigenvalue weighted by atomic mass is 35.5. The molecule has 0 amide bonds. The fourth-order valence-electron chi connectivity index (χ4n) is 2.28. The first-order valence-electron chi connectivity index (χ1n) is 6.06. The van der Waals surface area contributed by atoms with Crippen molar-refractivity contribution in [2.75, 3.05) is 18.0 Å². The molecule has 1 aliphatic rings. The van der Waals surface area contributed by atoms with E-state index >= 15 is 0 Å². The standard InChI is InChI=1S/C11H16ClN3O3S/c1-8(19(16,17)18)9-2-4-15(5-3-9)11-13-6-10(12)7-14-11/h6-9H,2-5H2,1H3,(H,16,17,18). The minimum absolute atomic E-state index is 0.0291. The summed E-state index contributed by atoms with van der Waals surface area (Å²) in [5, 5.41) is -0.237. The van der Waals surface area contributed by atoms with E-state index in [4.69, 9.17) is 16.2 Å². The van der Waals surface area contributed by atoms with Crippen LogP contribution in [0.25, 0.3) is 0 Å². The van der Waals surface area contributed by atoms with Crippen LogP contribution < -0.4 is 4.90 Å². The van der Waals surface area contributed by atoms with Crippen LogP contribution in [0.1, 0.15) is 19.8 Å². The Balaban J connectivity index is 1.98. The normalized spacial score (nSPS) is 19.4. The molecule has 106 valence electrons. The van der Waals surface area contributed by atoms with Crippen LogP contribution in [-0.2, 0) is 10.1 Å². The lowest BCUT2D eigenvalue weighted by atomic mass is 9.94. The van der Waals surface area contributed by atoms with E-state index in [2.05, 4.69) is 9.97 Å². The van der Waals surface area contributed by atoms with Gasteiger partial charge in [-0.1, -0.05) is 11.6 Å². The molecule has 19 heavy (non-hydrogen) atoms. The third kappa shape index (κ3) is 3.55. The van der Waals surface area contributed by atoms with Crippen molar-refractivity contribution in [2.45, 2.75) is 25.0 Å². The molecule has 0 saturated carbocycles. The van der Waals surface area contributed by atoms with Gasteiger partial charge in [-0.25, -0.2) is 9.97 Å². The van der Waals surface area contributed by atoms with Crippen LogP contribution in [0.2, 0.25) is 5.02 Å². The molecule has 1 aliphatic heterocycles. The molecule has 0 bridgehead atoms. The average molecular weight is 306 g/mol. The van der Waals surface area contributed by atoms with E-state index in [1.165, 1.54) is 12.4 Å². The number of rotatable bonds is 3. The first kappa shape index (κ1) is 14.5. The predicted molar refractivity (Wildman–Crippen MR) is 73.0 cm³/mol. The van der Waals surface area contributed by atoms with Gasteiger partial charge < -0.3 is 4.90 Å². The van der Waals surface area contributed by atoms with Gasteiger partial charge in [-0.15, -0.1) is 0 Å². The molecular weight excluding hydrogens is 290 g/mol. The maximum Gasteiger partial charge on any atom is 0.267 e. The fourth-order valence-corrected chi connectivity index (χ4v) is 3.14. The number of anilines is 1. The monoisotopic (exact) mass is 305 g/mol. The van der Waals surface area contributed by atoms with Crippen molar-refractivity contribution >= 4 is 27.7 Å². The molecule has 1 saturated heterocycles. The zero-order valence-electron chi connectivity index (χ0n) is 10.5. The van der Waals surface area contributed by atoms with Crippen molar-refractivity contribution in [3.05, 3.63) is 17.4 Å². The lowest BCUT2D eigenvalue weighted by Gasteiger charge is -2.33. The van der Waals surface area contributed by atoms with Crippen molar-refractivity contribution in [3.8, 4) is 0 Å². The third-order valence-electron chi connectivity index (χ3n) is 3.56. The maximum atomic E-state index is 11.1. The van der Waals surface area contributed by atoms with Crippen LogP contribution in [0.15, 0.2) is 12.4 Å². The summed E-state index contributed by atoms with van der Waals surface area (Å²) in [6.45, 7) is 2.90. The van der Waals surface area contributed by atoms with Crippen molar-refractivity contribution in [3.63, 3.8) is 0 Å². The summed E-state index contributed by atoms with van der Waals surface area (Å²) < 4.78 is 31.3. The molecule has 1 unspecified atom stereocenters. The maximum absolute atomic E-state index is 11.1. The second kappa shape index (κ2) is 5.60. The van der Waals surface area contributed by atoms with E-state index in [9.17, 15) is 8.42 Å². The van der Waals surface area contributed by atoms with E-state index in [1.807, 2.05) is 4.90 Å². The SMILES string of the molecule is CC(C1CCN(c2ncc(Cl)cn2)CC1)S(=O)(=O)O. The van der Waals surface area contributed by atoms with Crippen molar-refractivity contribution in [2.24, 2.45) is 5.92 Å². The largest absolute Gasteiger partial charge is 0.341 e. The lowest BCUT2D eigenvalue weighted by molar-refractivity contribution is 0.368. The molecule has 2 heterocycles. The molecule has 1 atom stereocenters. The zero-order chi connectivity index (χ0) is 14.0. The Hall–Kier alpha value is -0.920. The Morgan fingerprint density at radius 1 is 1.37 bits per heavy atom. The van der Waals surface area contributed by atoms with Gasteiger partial charge in [0, 0.05) is 13.1 Å². The molecule has 1 aromatic rings. The van der Waals surface area contributed by atoms with Gasteiger partial charge in [-0.3, -0.25) is 4.55 Å². The molecule has 0 aromatic carbocycles. The van der Waals surface area contributed by atoms with Crippen LogP contribution in [0.5, 0.6) is 0 Å². The number of hydrogen-bond acceptors (Lipinski definition) is 5. The van der Waals surface area contributed by atoms with Crippen molar-refractivity contribution in [1.82, 2.24) is 9.97 Å². The quantitative estimate of drug-likeness (QED) is 0.854. The van der Waals surface area contributed by atoms with E-state index in [0.29, 0.717) is 36.9 Å². The van der Waals surface area contributed by atoms with Gasteiger partial charge in [0.05, 0.1) is 22.7 Å². The highest BCUT2D eigenvalue weighted by Crippen LogP contribution is 2.26. The second-order valence-electron chi connectivity index (χ2n) is 4.75. The van der Waals surface area contributed by atoms with Gasteiger partial charge in [0.25, 0.3) is 10.1 Å². The van der Waals surface area contributed by atoms with Gasteiger partial charge >= 0.3 is 0 Å². The van der Waals surface area contributed by atoms with Gasteiger partial charge in [-0.2, -0.15) is 8.42 Å². The summed E-state index contributed by atoms with van der Waals surface area (Å²) in [7, 11) is -3.96. The molecule has 2 rings (SSSR count). The zero-order valence-corrected chi connectivity index (χ0v) is 12.1. The first-order chi connectivity index (χ1) is 8.88. The Morgan fingerprint density at radius 3 is 2.37 bits per heavy atom. The van der Waals surface area contributed by atoms with Crippen LogP contribution in [0.3, 0.4) is 0 Å². The number of halogens is 1. The first-order valence-corrected chi connectivity index (χ1v) is 7.95. The van der Waals surface area contributed by atoms with E-state index in [-0.39, 0.29) is 5.92 Å². The minimum atomic E-state index is -3.96. The molecule has 0 spiro atoms. The lowest BCUT2D eigenvalue weighted by Crippen LogP contribution is -2.40. The third-order valence-corrected chi connectivity index (χ3v) is 5.08. The second-order valence-corrected chi connectivity index (χ2v) is 6.96. The van der Waals surface area contributed by atoms with Crippen LogP contribution in [0, 0.1) is 5.92 Å². The molecule has 0 radical (unpaired) electrons. The fraction of sp³-hybridized carbons (Fsp3) is 0.636. The minimum Gasteiger partial charge on any atom is -0.341 e. The summed E-state index contributed by atoms with van der Waals surface area (Å²) in [5.74, 6) is 0.570. The highest BCUT2D eigenvalue weighted by Gasteiger charge is 2.31. The summed E-state index contributed by atoms with van der Waals surface area (Å²) >= 11 is 5.73. The Morgan fingerprint density at radius 2 is 1.89 bits per heavy atom. The Kier molecular flexibility index (Phi) is 4.27. The molecule has 1 aromatic heterocycles. The topological polar surface area (TPSA) is 83.4 Å². The van der Waals surface area contributed by atoms with E-state index in [1.54, 1.807) is 6.92 Å².